The second-order valence-electron chi connectivity index (χ2n) is 5.77. The number of rotatable bonds is 5. The lowest BCUT2D eigenvalue weighted by Crippen LogP contribution is -1.95. The highest BCUT2D eigenvalue weighted by Crippen LogP contribution is 2.32. The lowest BCUT2D eigenvalue weighted by Gasteiger charge is -2.07. The Bertz CT molecular complexity index is 840. The second kappa shape index (κ2) is 6.84. The summed E-state index contributed by atoms with van der Waals surface area (Å²) in [5.74, 6) is -0.489. The van der Waals surface area contributed by atoms with Gasteiger partial charge in [-0.15, -0.1) is 0 Å². The molecule has 0 bridgehead atoms. The van der Waals surface area contributed by atoms with E-state index in [9.17, 15) is 9.90 Å². The van der Waals surface area contributed by atoms with Gasteiger partial charge >= 0.3 is 5.97 Å². The van der Waals surface area contributed by atoms with Crippen LogP contribution in [0.25, 0.3) is 11.3 Å². The van der Waals surface area contributed by atoms with Crippen LogP contribution < -0.4 is 5.32 Å². The van der Waals surface area contributed by atoms with Crippen LogP contribution in [0.1, 0.15) is 35.0 Å². The summed E-state index contributed by atoms with van der Waals surface area (Å²) in [4.78, 5) is 16.2. The molecule has 3 aromatic rings. The number of nitrogens with zero attached hydrogens (tertiary/aromatic N) is 1. The van der Waals surface area contributed by atoms with Crippen molar-refractivity contribution in [2.24, 2.45) is 0 Å². The first kappa shape index (κ1) is 16.2. The summed E-state index contributed by atoms with van der Waals surface area (Å²) < 4.78 is 0. The maximum Gasteiger partial charge on any atom is 0.348 e. The molecule has 0 amide bonds. The quantitative estimate of drug-likeness (QED) is 0.656. The van der Waals surface area contributed by atoms with Crippen LogP contribution in [0.4, 0.5) is 10.8 Å². The van der Waals surface area contributed by atoms with Gasteiger partial charge in [-0.3, -0.25) is 0 Å². The first-order valence-electron chi connectivity index (χ1n) is 7.71. The van der Waals surface area contributed by atoms with Gasteiger partial charge < -0.3 is 10.4 Å². The SMILES string of the molecule is CC(C)c1ccc(Nc2nc(-c3ccccc3)c(C(=O)O)s2)cc1. The predicted octanol–water partition coefficient (Wildman–Crippen LogP) is 5.38. The summed E-state index contributed by atoms with van der Waals surface area (Å²) >= 11 is 1.15. The molecule has 4 nitrogen and oxygen atoms in total. The van der Waals surface area contributed by atoms with E-state index >= 15 is 0 Å². The number of benzene rings is 2. The molecule has 24 heavy (non-hydrogen) atoms. The summed E-state index contributed by atoms with van der Waals surface area (Å²) in [6.07, 6.45) is 0. The molecule has 0 aliphatic heterocycles. The molecule has 2 aromatic carbocycles. The Balaban J connectivity index is 1.90. The summed E-state index contributed by atoms with van der Waals surface area (Å²) in [6.45, 7) is 4.29. The minimum atomic E-state index is -0.963. The van der Waals surface area contributed by atoms with E-state index < -0.39 is 5.97 Å². The molecule has 1 aromatic heterocycles. The third kappa shape index (κ3) is 3.46. The first-order chi connectivity index (χ1) is 11.5. The van der Waals surface area contributed by atoms with Crippen LogP contribution in [0.2, 0.25) is 0 Å². The summed E-state index contributed by atoms with van der Waals surface area (Å²) in [7, 11) is 0. The standard InChI is InChI=1S/C19H18N2O2S/c1-12(2)13-8-10-15(11-9-13)20-19-21-16(17(24-19)18(22)23)14-6-4-3-5-7-14/h3-12H,1-2H3,(H,20,21)(H,22,23). The summed E-state index contributed by atoms with van der Waals surface area (Å²) in [6, 6.07) is 17.5. The molecule has 0 saturated carbocycles. The van der Waals surface area contributed by atoms with Gasteiger partial charge in [0.15, 0.2) is 5.13 Å². The Kier molecular flexibility index (Phi) is 4.62. The molecule has 0 atom stereocenters. The van der Waals surface area contributed by atoms with Crippen molar-refractivity contribution in [2.45, 2.75) is 19.8 Å². The molecule has 1 heterocycles. The van der Waals surface area contributed by atoms with E-state index in [1.165, 1.54) is 5.56 Å². The van der Waals surface area contributed by atoms with Gasteiger partial charge in [0, 0.05) is 11.3 Å². The Labute approximate surface area is 144 Å². The fourth-order valence-corrected chi connectivity index (χ4v) is 3.23. The van der Waals surface area contributed by atoms with Crippen molar-refractivity contribution in [3.05, 3.63) is 65.0 Å². The monoisotopic (exact) mass is 338 g/mol. The summed E-state index contributed by atoms with van der Waals surface area (Å²) in [5.41, 5.74) is 3.45. The van der Waals surface area contributed by atoms with Gasteiger partial charge in [-0.05, 0) is 23.6 Å². The van der Waals surface area contributed by atoms with Gasteiger partial charge in [0.25, 0.3) is 0 Å². The summed E-state index contributed by atoms with van der Waals surface area (Å²) in [5, 5.41) is 13.2. The highest BCUT2D eigenvalue weighted by molar-refractivity contribution is 7.18. The number of thiazole rings is 1. The molecule has 122 valence electrons. The van der Waals surface area contributed by atoms with E-state index in [-0.39, 0.29) is 4.88 Å². The number of carbonyl (C=O) groups is 1. The zero-order valence-corrected chi connectivity index (χ0v) is 14.3. The zero-order valence-electron chi connectivity index (χ0n) is 13.5. The molecular weight excluding hydrogens is 320 g/mol. The number of nitrogens with one attached hydrogen (secondary N) is 1. The van der Waals surface area contributed by atoms with Crippen LogP contribution in [0, 0.1) is 0 Å². The van der Waals surface area contributed by atoms with Crippen molar-refractivity contribution >= 4 is 28.1 Å². The van der Waals surface area contributed by atoms with Gasteiger partial charge in [-0.1, -0.05) is 67.6 Å². The number of hydrogen-bond acceptors (Lipinski definition) is 4. The van der Waals surface area contributed by atoms with Crippen LogP contribution in [0.5, 0.6) is 0 Å². The maximum atomic E-state index is 11.5. The van der Waals surface area contributed by atoms with E-state index in [4.69, 9.17) is 0 Å². The Hall–Kier alpha value is -2.66. The Morgan fingerprint density at radius 1 is 1.08 bits per heavy atom. The van der Waals surface area contributed by atoms with E-state index in [1.54, 1.807) is 0 Å². The second-order valence-corrected chi connectivity index (χ2v) is 6.77. The van der Waals surface area contributed by atoms with Crippen molar-refractivity contribution in [1.82, 2.24) is 4.98 Å². The number of carboxylic acids is 1. The van der Waals surface area contributed by atoms with Gasteiger partial charge in [0.2, 0.25) is 0 Å². The fraction of sp³-hybridized carbons (Fsp3) is 0.158. The van der Waals surface area contributed by atoms with Crippen molar-refractivity contribution in [1.29, 1.82) is 0 Å². The van der Waals surface area contributed by atoms with E-state index in [2.05, 4.69) is 36.3 Å². The Morgan fingerprint density at radius 3 is 2.33 bits per heavy atom. The number of anilines is 2. The van der Waals surface area contributed by atoms with Crippen molar-refractivity contribution in [3.63, 3.8) is 0 Å². The van der Waals surface area contributed by atoms with E-state index in [0.717, 1.165) is 22.6 Å². The molecule has 0 aliphatic rings. The fourth-order valence-electron chi connectivity index (χ4n) is 2.39. The van der Waals surface area contributed by atoms with Crippen LogP contribution in [-0.2, 0) is 0 Å². The van der Waals surface area contributed by atoms with Crippen LogP contribution in [0.15, 0.2) is 54.6 Å². The van der Waals surface area contributed by atoms with Gasteiger partial charge in [0.05, 0.1) is 5.69 Å². The average molecular weight is 338 g/mol. The number of aromatic carboxylic acids is 1. The molecule has 0 spiro atoms. The van der Waals surface area contributed by atoms with E-state index in [1.807, 2.05) is 42.5 Å². The van der Waals surface area contributed by atoms with Crippen molar-refractivity contribution in [3.8, 4) is 11.3 Å². The predicted molar refractivity (Wildman–Crippen MR) is 98.3 cm³/mol. The lowest BCUT2D eigenvalue weighted by molar-refractivity contribution is 0.0702. The number of hydrogen-bond donors (Lipinski definition) is 2. The molecular formula is C19H18N2O2S. The average Bonchev–Trinajstić information content (AvgIpc) is 3.00. The number of carboxylic acid groups (broad SMARTS) is 1. The van der Waals surface area contributed by atoms with Crippen LogP contribution >= 0.6 is 11.3 Å². The molecule has 0 radical (unpaired) electrons. The first-order valence-corrected chi connectivity index (χ1v) is 8.53. The smallest absolute Gasteiger partial charge is 0.348 e. The molecule has 0 aliphatic carbocycles. The number of aromatic nitrogens is 1. The zero-order chi connectivity index (χ0) is 17.1. The lowest BCUT2D eigenvalue weighted by atomic mass is 10.0. The highest BCUT2D eigenvalue weighted by atomic mass is 32.1. The van der Waals surface area contributed by atoms with Gasteiger partial charge in [0.1, 0.15) is 4.88 Å². The van der Waals surface area contributed by atoms with Crippen molar-refractivity contribution < 1.29 is 9.90 Å². The van der Waals surface area contributed by atoms with Crippen LogP contribution in [-0.4, -0.2) is 16.1 Å². The minimum Gasteiger partial charge on any atom is -0.477 e. The normalized spacial score (nSPS) is 10.8. The molecule has 0 fully saturated rings. The molecule has 3 rings (SSSR count). The minimum absolute atomic E-state index is 0.238. The highest BCUT2D eigenvalue weighted by Gasteiger charge is 2.18. The molecule has 2 N–H and O–H groups in total. The maximum absolute atomic E-state index is 11.5. The largest absolute Gasteiger partial charge is 0.477 e. The van der Waals surface area contributed by atoms with Gasteiger partial charge in [-0.2, -0.15) is 0 Å². The molecule has 5 heteroatoms. The third-order valence-corrected chi connectivity index (χ3v) is 4.66. The topological polar surface area (TPSA) is 62.2 Å². The molecule has 0 saturated heterocycles. The van der Waals surface area contributed by atoms with Crippen LogP contribution in [0.3, 0.4) is 0 Å². The van der Waals surface area contributed by atoms with Gasteiger partial charge in [-0.25, -0.2) is 9.78 Å². The van der Waals surface area contributed by atoms with E-state index in [0.29, 0.717) is 16.7 Å². The Morgan fingerprint density at radius 2 is 1.75 bits per heavy atom. The molecule has 0 unspecified atom stereocenters. The third-order valence-electron chi connectivity index (χ3n) is 3.70. The van der Waals surface area contributed by atoms with Crippen molar-refractivity contribution in [2.75, 3.05) is 5.32 Å².